The van der Waals surface area contributed by atoms with Crippen LogP contribution in [0.5, 0.6) is 0 Å². The van der Waals surface area contributed by atoms with E-state index in [1.54, 1.807) is 0 Å². The minimum atomic E-state index is -0.962. The van der Waals surface area contributed by atoms with Crippen molar-refractivity contribution in [3.63, 3.8) is 0 Å². The molecule has 0 aromatic heterocycles. The van der Waals surface area contributed by atoms with E-state index in [0.29, 0.717) is 13.1 Å². The van der Waals surface area contributed by atoms with Crippen LogP contribution in [0.4, 0.5) is 5.69 Å². The number of anilines is 1. The van der Waals surface area contributed by atoms with E-state index in [0.717, 1.165) is 16.8 Å². The van der Waals surface area contributed by atoms with Gasteiger partial charge in [-0.2, -0.15) is 0 Å². The zero-order valence-electron chi connectivity index (χ0n) is 11.1. The molecule has 2 rings (SSSR count). The van der Waals surface area contributed by atoms with Gasteiger partial charge in [0, 0.05) is 18.8 Å². The normalized spacial score (nSPS) is 19.2. The Kier molecular flexibility index (Phi) is 3.74. The molecule has 2 N–H and O–H groups in total. The summed E-state index contributed by atoms with van der Waals surface area (Å²) < 4.78 is 0. The molecule has 1 fully saturated rings. The van der Waals surface area contributed by atoms with Gasteiger partial charge in [-0.25, -0.2) is 0 Å². The number of nitrogens with one attached hydrogen (secondary N) is 1. The highest BCUT2D eigenvalue weighted by molar-refractivity contribution is 5.90. The number of aryl methyl sites for hydroxylation is 2. The maximum absolute atomic E-state index is 11.9. The molecule has 1 aromatic carbocycles. The topological polar surface area (TPSA) is 69.6 Å². The number of carbonyl (C=O) groups excluding carboxylic acids is 1. The average molecular weight is 262 g/mol. The number of carboxylic acid groups (broad SMARTS) is 1. The first-order valence-corrected chi connectivity index (χ1v) is 6.32. The average Bonchev–Trinajstić information content (AvgIpc) is 2.30. The van der Waals surface area contributed by atoms with Crippen LogP contribution in [-0.2, 0) is 9.59 Å². The van der Waals surface area contributed by atoms with Gasteiger partial charge in [-0.15, -0.1) is 0 Å². The fourth-order valence-corrected chi connectivity index (χ4v) is 2.51. The maximum atomic E-state index is 11.9. The van der Waals surface area contributed by atoms with Crippen molar-refractivity contribution in [3.8, 4) is 0 Å². The number of benzene rings is 1. The third-order valence-corrected chi connectivity index (χ3v) is 3.24. The number of nitrogens with zero attached hydrogens (tertiary/aromatic N) is 1. The fourth-order valence-electron chi connectivity index (χ4n) is 2.51. The molecule has 1 atom stereocenters. The Balaban J connectivity index is 2.33. The second-order valence-electron chi connectivity index (χ2n) is 4.94. The van der Waals surface area contributed by atoms with Crippen LogP contribution < -0.4 is 10.2 Å². The monoisotopic (exact) mass is 262 g/mol. The summed E-state index contributed by atoms with van der Waals surface area (Å²) in [4.78, 5) is 24.7. The Morgan fingerprint density at radius 1 is 1.37 bits per heavy atom. The lowest BCUT2D eigenvalue weighted by atomic mass is 10.0. The van der Waals surface area contributed by atoms with Crippen molar-refractivity contribution >= 4 is 17.6 Å². The van der Waals surface area contributed by atoms with Gasteiger partial charge in [0.25, 0.3) is 0 Å². The molecule has 5 nitrogen and oxygen atoms in total. The summed E-state index contributed by atoms with van der Waals surface area (Å²) in [6.45, 7) is 5.16. The molecular formula is C14H18N2O3. The zero-order chi connectivity index (χ0) is 14.0. The van der Waals surface area contributed by atoms with E-state index in [4.69, 9.17) is 5.11 Å². The van der Waals surface area contributed by atoms with Gasteiger partial charge in [-0.1, -0.05) is 6.07 Å². The van der Waals surface area contributed by atoms with E-state index in [9.17, 15) is 9.59 Å². The van der Waals surface area contributed by atoms with Crippen molar-refractivity contribution in [1.82, 2.24) is 5.32 Å². The molecule has 19 heavy (non-hydrogen) atoms. The van der Waals surface area contributed by atoms with Gasteiger partial charge in [-0.05, 0) is 37.1 Å². The van der Waals surface area contributed by atoms with E-state index in [-0.39, 0.29) is 12.3 Å². The fraction of sp³-hybridized carbons (Fsp3) is 0.429. The molecule has 1 heterocycles. The molecule has 0 aliphatic carbocycles. The highest BCUT2D eigenvalue weighted by Crippen LogP contribution is 2.23. The summed E-state index contributed by atoms with van der Waals surface area (Å²) in [7, 11) is 0. The van der Waals surface area contributed by atoms with Crippen molar-refractivity contribution in [2.75, 3.05) is 18.0 Å². The van der Waals surface area contributed by atoms with E-state index in [1.807, 2.05) is 30.9 Å². The number of hydrogen-bond donors (Lipinski definition) is 2. The lowest BCUT2D eigenvalue weighted by Gasteiger charge is -2.36. The van der Waals surface area contributed by atoms with Crippen LogP contribution in [0.25, 0.3) is 0 Å². The zero-order valence-corrected chi connectivity index (χ0v) is 11.1. The molecule has 102 valence electrons. The Morgan fingerprint density at radius 3 is 2.58 bits per heavy atom. The minimum absolute atomic E-state index is 0.182. The Hall–Kier alpha value is -2.04. The van der Waals surface area contributed by atoms with Crippen LogP contribution >= 0.6 is 0 Å². The summed E-state index contributed by atoms with van der Waals surface area (Å²) in [6, 6.07) is 5.40. The molecule has 0 spiro atoms. The van der Waals surface area contributed by atoms with Crippen LogP contribution in [0, 0.1) is 13.8 Å². The standard InChI is InChI=1S/C14H18N2O3/c1-9-5-10(2)7-11(6-9)16-4-3-15-14(19)12(16)8-13(17)18/h5-7,12H,3-4,8H2,1-2H3,(H,15,19)(H,17,18). The number of aliphatic carboxylic acids is 1. The molecule has 1 amide bonds. The molecule has 1 aromatic rings. The van der Waals surface area contributed by atoms with Gasteiger partial charge in [0.1, 0.15) is 6.04 Å². The SMILES string of the molecule is Cc1cc(C)cc(N2CCNC(=O)C2CC(=O)O)c1. The van der Waals surface area contributed by atoms with E-state index in [2.05, 4.69) is 11.4 Å². The first-order chi connectivity index (χ1) is 8.97. The highest BCUT2D eigenvalue weighted by atomic mass is 16.4. The first kappa shape index (κ1) is 13.4. The number of hydrogen-bond acceptors (Lipinski definition) is 3. The molecule has 5 heteroatoms. The maximum Gasteiger partial charge on any atom is 0.305 e. The highest BCUT2D eigenvalue weighted by Gasteiger charge is 2.31. The van der Waals surface area contributed by atoms with Gasteiger partial charge < -0.3 is 15.3 Å². The van der Waals surface area contributed by atoms with Gasteiger partial charge in [0.2, 0.25) is 5.91 Å². The Labute approximate surface area is 112 Å². The smallest absolute Gasteiger partial charge is 0.305 e. The molecule has 0 radical (unpaired) electrons. The first-order valence-electron chi connectivity index (χ1n) is 6.32. The summed E-state index contributed by atoms with van der Waals surface area (Å²) in [5.41, 5.74) is 3.13. The summed E-state index contributed by atoms with van der Waals surface area (Å²) in [5.74, 6) is -1.18. The van der Waals surface area contributed by atoms with Crippen LogP contribution in [-0.4, -0.2) is 36.1 Å². The summed E-state index contributed by atoms with van der Waals surface area (Å²) in [5, 5.41) is 11.7. The summed E-state index contributed by atoms with van der Waals surface area (Å²) in [6.07, 6.45) is -0.182. The second kappa shape index (κ2) is 5.30. The van der Waals surface area contributed by atoms with E-state index in [1.165, 1.54) is 0 Å². The van der Waals surface area contributed by atoms with E-state index < -0.39 is 12.0 Å². The van der Waals surface area contributed by atoms with Crippen LogP contribution in [0.2, 0.25) is 0 Å². The van der Waals surface area contributed by atoms with Crippen molar-refractivity contribution in [2.45, 2.75) is 26.3 Å². The molecule has 1 saturated heterocycles. The van der Waals surface area contributed by atoms with Gasteiger partial charge >= 0.3 is 5.97 Å². The van der Waals surface area contributed by atoms with Gasteiger partial charge in [-0.3, -0.25) is 9.59 Å². The predicted octanol–water partition coefficient (Wildman–Crippen LogP) is 1.08. The third-order valence-electron chi connectivity index (χ3n) is 3.24. The van der Waals surface area contributed by atoms with Gasteiger partial charge in [0.05, 0.1) is 6.42 Å². The van der Waals surface area contributed by atoms with Crippen molar-refractivity contribution in [3.05, 3.63) is 29.3 Å². The molecular weight excluding hydrogens is 244 g/mol. The molecule has 0 bridgehead atoms. The van der Waals surface area contributed by atoms with Gasteiger partial charge in [0.15, 0.2) is 0 Å². The number of carboxylic acids is 1. The van der Waals surface area contributed by atoms with Crippen LogP contribution in [0.3, 0.4) is 0 Å². The number of amides is 1. The summed E-state index contributed by atoms with van der Waals surface area (Å²) >= 11 is 0. The molecule has 0 saturated carbocycles. The molecule has 1 aliphatic heterocycles. The Bertz CT molecular complexity index is 493. The third kappa shape index (κ3) is 3.05. The number of rotatable bonds is 3. The quantitative estimate of drug-likeness (QED) is 0.855. The number of piperazine rings is 1. The Morgan fingerprint density at radius 2 is 2.00 bits per heavy atom. The lowest BCUT2D eigenvalue weighted by molar-refractivity contribution is -0.139. The largest absolute Gasteiger partial charge is 0.481 e. The van der Waals surface area contributed by atoms with E-state index >= 15 is 0 Å². The van der Waals surface area contributed by atoms with Crippen molar-refractivity contribution < 1.29 is 14.7 Å². The van der Waals surface area contributed by atoms with Crippen LogP contribution in [0.15, 0.2) is 18.2 Å². The number of carbonyl (C=O) groups is 2. The predicted molar refractivity (Wildman–Crippen MR) is 72.3 cm³/mol. The van der Waals surface area contributed by atoms with Crippen LogP contribution in [0.1, 0.15) is 17.5 Å². The lowest BCUT2D eigenvalue weighted by Crippen LogP contribution is -2.56. The van der Waals surface area contributed by atoms with Crippen molar-refractivity contribution in [1.29, 1.82) is 0 Å². The van der Waals surface area contributed by atoms with Crippen molar-refractivity contribution in [2.24, 2.45) is 0 Å². The molecule has 1 unspecified atom stereocenters. The minimum Gasteiger partial charge on any atom is -0.481 e. The second-order valence-corrected chi connectivity index (χ2v) is 4.94. The molecule has 1 aliphatic rings.